The molecule has 2 aliphatic rings. The quantitative estimate of drug-likeness (QED) is 0.547. The van der Waals surface area contributed by atoms with Crippen molar-refractivity contribution in [1.29, 1.82) is 0 Å². The number of carbonyl (C=O) groups is 1. The number of hydrogen-bond donors (Lipinski definition) is 1. The molecule has 2 heterocycles. The molecule has 0 radical (unpaired) electrons. The number of anilines is 1. The fraction of sp³-hybridized carbons (Fsp3) is 0.682. The molecule has 1 amide bonds. The Morgan fingerprint density at radius 3 is 2.32 bits per heavy atom. The Labute approximate surface area is 185 Å². The number of piperidine rings is 2. The van der Waals surface area contributed by atoms with Gasteiger partial charge >= 0.3 is 0 Å². The molecule has 1 aromatic rings. The second-order valence-electron chi connectivity index (χ2n) is 8.06. The van der Waals surface area contributed by atoms with Crippen molar-refractivity contribution in [3.8, 4) is 0 Å². The van der Waals surface area contributed by atoms with Crippen LogP contribution in [0.25, 0.3) is 0 Å². The summed E-state index contributed by atoms with van der Waals surface area (Å²) in [4.78, 5) is 15.1. The van der Waals surface area contributed by atoms with Gasteiger partial charge < -0.3 is 19.7 Å². The minimum atomic E-state index is -3.66. The zero-order valence-electron chi connectivity index (χ0n) is 18.5. The van der Waals surface area contributed by atoms with Crippen molar-refractivity contribution in [3.63, 3.8) is 0 Å². The number of rotatable bonds is 10. The lowest BCUT2D eigenvalue weighted by Gasteiger charge is -2.33. The fourth-order valence-electron chi connectivity index (χ4n) is 4.09. The molecule has 8 nitrogen and oxygen atoms in total. The first-order chi connectivity index (χ1) is 15.0. The Morgan fingerprint density at radius 2 is 1.65 bits per heavy atom. The van der Waals surface area contributed by atoms with Crippen molar-refractivity contribution in [3.05, 3.63) is 23.8 Å². The maximum absolute atomic E-state index is 13.5. The van der Waals surface area contributed by atoms with Crippen LogP contribution in [-0.2, 0) is 19.5 Å². The average Bonchev–Trinajstić information content (AvgIpc) is 2.82. The lowest BCUT2D eigenvalue weighted by molar-refractivity contribution is 0.0692. The van der Waals surface area contributed by atoms with Gasteiger partial charge in [-0.2, -0.15) is 4.31 Å². The summed E-state index contributed by atoms with van der Waals surface area (Å²) in [6, 6.07) is 5.07. The smallest absolute Gasteiger partial charge is 0.251 e. The highest BCUT2D eigenvalue weighted by Gasteiger charge is 2.31. The maximum Gasteiger partial charge on any atom is 0.251 e. The van der Waals surface area contributed by atoms with Crippen LogP contribution in [0.5, 0.6) is 0 Å². The van der Waals surface area contributed by atoms with Gasteiger partial charge in [-0.05, 0) is 50.3 Å². The summed E-state index contributed by atoms with van der Waals surface area (Å²) in [5.41, 5.74) is 1.07. The van der Waals surface area contributed by atoms with Crippen LogP contribution < -0.4 is 10.2 Å². The molecule has 0 unspecified atom stereocenters. The molecule has 1 N–H and O–H groups in total. The summed E-state index contributed by atoms with van der Waals surface area (Å²) >= 11 is 0. The fourth-order valence-corrected chi connectivity index (χ4v) is 5.84. The van der Waals surface area contributed by atoms with E-state index in [-0.39, 0.29) is 10.8 Å². The molecule has 0 saturated carbocycles. The van der Waals surface area contributed by atoms with Crippen LogP contribution in [0.15, 0.2) is 23.1 Å². The van der Waals surface area contributed by atoms with Gasteiger partial charge in [0.2, 0.25) is 10.0 Å². The summed E-state index contributed by atoms with van der Waals surface area (Å²) < 4.78 is 38.9. The standard InChI is InChI=1S/C22H35N3O5S/c1-29-16-17-30-15-10-23-22(26)19-8-9-20(24-11-4-2-5-12-24)21(18-19)31(27,28)25-13-6-3-7-14-25/h8-9,18H,2-7,10-17H2,1H3,(H,23,26). The number of carbonyl (C=O) groups excluding carboxylic acids is 1. The molecule has 0 spiro atoms. The molecule has 0 aliphatic carbocycles. The Kier molecular flexibility index (Phi) is 9.13. The predicted octanol–water partition coefficient (Wildman–Crippen LogP) is 2.24. The van der Waals surface area contributed by atoms with E-state index in [0.717, 1.165) is 51.6 Å². The van der Waals surface area contributed by atoms with E-state index >= 15 is 0 Å². The van der Waals surface area contributed by atoms with Crippen LogP contribution in [0, 0.1) is 0 Å². The largest absolute Gasteiger partial charge is 0.382 e. The number of nitrogens with zero attached hydrogens (tertiary/aromatic N) is 2. The van der Waals surface area contributed by atoms with E-state index in [9.17, 15) is 13.2 Å². The molecule has 31 heavy (non-hydrogen) atoms. The molecule has 2 saturated heterocycles. The van der Waals surface area contributed by atoms with E-state index in [4.69, 9.17) is 9.47 Å². The summed E-state index contributed by atoms with van der Waals surface area (Å²) in [6.07, 6.45) is 6.07. The van der Waals surface area contributed by atoms with Crippen molar-refractivity contribution in [2.75, 3.05) is 64.6 Å². The minimum absolute atomic E-state index is 0.250. The highest BCUT2D eigenvalue weighted by Crippen LogP contribution is 2.32. The zero-order chi connectivity index (χ0) is 22.1. The number of benzene rings is 1. The average molecular weight is 454 g/mol. The van der Waals surface area contributed by atoms with E-state index in [2.05, 4.69) is 10.2 Å². The third-order valence-electron chi connectivity index (χ3n) is 5.82. The molecular weight excluding hydrogens is 418 g/mol. The summed E-state index contributed by atoms with van der Waals surface area (Å²) in [5.74, 6) is -0.296. The van der Waals surface area contributed by atoms with Crippen LogP contribution in [0.3, 0.4) is 0 Å². The van der Waals surface area contributed by atoms with Gasteiger partial charge in [0.25, 0.3) is 5.91 Å². The van der Waals surface area contributed by atoms with E-state index in [0.29, 0.717) is 50.7 Å². The summed E-state index contributed by atoms with van der Waals surface area (Å²) in [5, 5.41) is 2.81. The van der Waals surface area contributed by atoms with Crippen LogP contribution in [0.2, 0.25) is 0 Å². The molecule has 3 rings (SSSR count). The van der Waals surface area contributed by atoms with E-state index in [1.807, 2.05) is 0 Å². The Hall–Kier alpha value is -1.68. The van der Waals surface area contributed by atoms with Crippen molar-refractivity contribution < 1.29 is 22.7 Å². The maximum atomic E-state index is 13.5. The molecule has 1 aromatic carbocycles. The van der Waals surface area contributed by atoms with Gasteiger partial charge in [0.15, 0.2) is 0 Å². The molecular formula is C22H35N3O5S. The number of sulfonamides is 1. The third-order valence-corrected chi connectivity index (χ3v) is 7.74. The number of methoxy groups -OCH3 is 1. The first-order valence-electron chi connectivity index (χ1n) is 11.3. The van der Waals surface area contributed by atoms with E-state index < -0.39 is 10.0 Å². The minimum Gasteiger partial charge on any atom is -0.382 e. The zero-order valence-corrected chi connectivity index (χ0v) is 19.3. The molecule has 174 valence electrons. The first-order valence-corrected chi connectivity index (χ1v) is 12.7. The van der Waals surface area contributed by atoms with Gasteiger partial charge in [-0.15, -0.1) is 0 Å². The van der Waals surface area contributed by atoms with Crippen molar-refractivity contribution in [1.82, 2.24) is 9.62 Å². The third kappa shape index (κ3) is 6.41. The second-order valence-corrected chi connectivity index (χ2v) is 9.96. The van der Waals surface area contributed by atoms with Crippen LogP contribution in [-0.4, -0.2) is 78.3 Å². The SMILES string of the molecule is COCCOCCNC(=O)c1ccc(N2CCCCC2)c(S(=O)(=O)N2CCCCC2)c1. The highest BCUT2D eigenvalue weighted by molar-refractivity contribution is 7.89. The number of hydrogen-bond acceptors (Lipinski definition) is 6. The topological polar surface area (TPSA) is 88.2 Å². The van der Waals surface area contributed by atoms with Crippen LogP contribution in [0.4, 0.5) is 5.69 Å². The molecule has 0 bridgehead atoms. The molecule has 0 aromatic heterocycles. The van der Waals surface area contributed by atoms with Gasteiger partial charge in [0.1, 0.15) is 4.90 Å². The van der Waals surface area contributed by atoms with E-state index in [1.54, 1.807) is 29.6 Å². The lowest BCUT2D eigenvalue weighted by atomic mass is 10.1. The summed E-state index contributed by atoms with van der Waals surface area (Å²) in [6.45, 7) is 4.46. The second kappa shape index (κ2) is 11.8. The van der Waals surface area contributed by atoms with Crippen molar-refractivity contribution in [2.24, 2.45) is 0 Å². The molecule has 2 fully saturated rings. The van der Waals surface area contributed by atoms with Gasteiger partial charge in [0, 0.05) is 45.4 Å². The summed E-state index contributed by atoms with van der Waals surface area (Å²) in [7, 11) is -2.06. The van der Waals surface area contributed by atoms with Crippen LogP contribution >= 0.6 is 0 Å². The Morgan fingerprint density at radius 1 is 0.968 bits per heavy atom. The van der Waals surface area contributed by atoms with Gasteiger partial charge in [0.05, 0.1) is 25.5 Å². The van der Waals surface area contributed by atoms with Gasteiger partial charge in [-0.1, -0.05) is 6.42 Å². The lowest BCUT2D eigenvalue weighted by Crippen LogP contribution is -2.38. The molecule has 0 atom stereocenters. The monoisotopic (exact) mass is 453 g/mol. The van der Waals surface area contributed by atoms with Crippen molar-refractivity contribution >= 4 is 21.6 Å². The Bertz CT molecular complexity index is 818. The van der Waals surface area contributed by atoms with Gasteiger partial charge in [-0.3, -0.25) is 4.79 Å². The van der Waals surface area contributed by atoms with E-state index in [1.165, 1.54) is 0 Å². The van der Waals surface area contributed by atoms with Crippen molar-refractivity contribution in [2.45, 2.75) is 43.4 Å². The molecule has 2 aliphatic heterocycles. The highest BCUT2D eigenvalue weighted by atomic mass is 32.2. The Balaban J connectivity index is 1.79. The first kappa shape index (κ1) is 24.0. The van der Waals surface area contributed by atoms with Gasteiger partial charge in [-0.25, -0.2) is 8.42 Å². The number of ether oxygens (including phenoxy) is 2. The number of amides is 1. The number of nitrogens with one attached hydrogen (secondary N) is 1. The normalized spacial score (nSPS) is 18.2. The molecule has 9 heteroatoms. The predicted molar refractivity (Wildman–Crippen MR) is 120 cm³/mol. The van der Waals surface area contributed by atoms with Crippen LogP contribution in [0.1, 0.15) is 48.9 Å².